The highest BCUT2D eigenvalue weighted by Crippen LogP contribution is 2.34. The molecular weight excluding hydrogens is 519 g/mol. The van der Waals surface area contributed by atoms with Crippen LogP contribution in [0.4, 0.5) is 24.5 Å². The molecule has 4 aromatic rings. The van der Waals surface area contributed by atoms with E-state index < -0.39 is 17.6 Å². The first-order chi connectivity index (χ1) is 19.1. The molecule has 206 valence electrons. The summed E-state index contributed by atoms with van der Waals surface area (Å²) in [5.41, 5.74) is 8.55. The second kappa shape index (κ2) is 11.0. The van der Waals surface area contributed by atoms with E-state index in [0.717, 1.165) is 24.7 Å². The number of benzene rings is 2. The third-order valence-electron chi connectivity index (χ3n) is 6.87. The van der Waals surface area contributed by atoms with Gasteiger partial charge in [0.15, 0.2) is 5.65 Å². The summed E-state index contributed by atoms with van der Waals surface area (Å²) in [6.45, 7) is 5.08. The van der Waals surface area contributed by atoms with Gasteiger partial charge in [-0.05, 0) is 55.3 Å². The van der Waals surface area contributed by atoms with Crippen LogP contribution in [0.15, 0.2) is 54.9 Å². The lowest BCUT2D eigenvalue weighted by Crippen LogP contribution is -2.44. The number of carbonyl (C=O) groups is 1. The predicted molar refractivity (Wildman–Crippen MR) is 147 cm³/mol. The van der Waals surface area contributed by atoms with Gasteiger partial charge in [0.25, 0.3) is 5.91 Å². The minimum absolute atomic E-state index is 0.0729. The molecule has 2 aromatic heterocycles. The summed E-state index contributed by atoms with van der Waals surface area (Å²) in [6, 6.07) is 10.6. The number of nitrogens with two attached hydrogens (primary N) is 1. The number of aromatic nitrogens is 3. The van der Waals surface area contributed by atoms with E-state index in [2.05, 4.69) is 32.1 Å². The molecule has 3 heterocycles. The fraction of sp³-hybridized carbons (Fsp3) is 0.276. The van der Waals surface area contributed by atoms with E-state index in [4.69, 9.17) is 5.73 Å². The van der Waals surface area contributed by atoms with Gasteiger partial charge in [-0.1, -0.05) is 18.1 Å². The molecule has 1 saturated heterocycles. The summed E-state index contributed by atoms with van der Waals surface area (Å²) in [7, 11) is 2.00. The monoisotopic (exact) mass is 547 g/mol. The average molecular weight is 548 g/mol. The lowest BCUT2D eigenvalue weighted by atomic mass is 10.0. The summed E-state index contributed by atoms with van der Waals surface area (Å²) in [6.07, 6.45) is -1.47. The number of nitrogens with one attached hydrogen (secondary N) is 1. The first-order valence-electron chi connectivity index (χ1n) is 12.7. The van der Waals surface area contributed by atoms with Crippen molar-refractivity contribution in [3.8, 4) is 11.8 Å². The molecule has 0 saturated carbocycles. The quantitative estimate of drug-likeness (QED) is 0.375. The molecule has 40 heavy (non-hydrogen) atoms. The van der Waals surface area contributed by atoms with Crippen LogP contribution in [0.3, 0.4) is 0 Å². The lowest BCUT2D eigenvalue weighted by molar-refractivity contribution is -0.138. The normalized spacial score (nSPS) is 14.6. The number of likely N-dealkylation sites (N-methyl/N-ethyl adjacent to an activating group) is 1. The van der Waals surface area contributed by atoms with Crippen LogP contribution >= 0.6 is 0 Å². The van der Waals surface area contributed by atoms with Crippen LogP contribution in [0.2, 0.25) is 0 Å². The molecule has 0 spiro atoms. The van der Waals surface area contributed by atoms with Crippen molar-refractivity contribution in [2.45, 2.75) is 19.6 Å². The van der Waals surface area contributed by atoms with Crippen molar-refractivity contribution in [1.82, 2.24) is 24.4 Å². The van der Waals surface area contributed by atoms with Gasteiger partial charge in [0.05, 0.1) is 23.6 Å². The van der Waals surface area contributed by atoms with Gasteiger partial charge in [0.2, 0.25) is 0 Å². The van der Waals surface area contributed by atoms with E-state index in [1.807, 2.05) is 18.9 Å². The Balaban J connectivity index is 1.35. The Morgan fingerprint density at radius 2 is 1.82 bits per heavy atom. The van der Waals surface area contributed by atoms with Crippen LogP contribution in [-0.2, 0) is 12.7 Å². The number of nitrogen functional groups attached to an aromatic ring is 1. The van der Waals surface area contributed by atoms with Crippen molar-refractivity contribution in [2.24, 2.45) is 0 Å². The number of hydrogen-bond donors (Lipinski definition) is 2. The standard InChI is InChI=1S/C29H28F3N7O/c1-19-3-4-21(13-20(19)6-8-25-17-34-27-14-23(33)16-35-39(25)27)28(40)36-24-7-5-22(26(15-24)29(30,31)32)18-38-11-9-37(2)10-12-38/h3-5,7,13-17H,9-12,18,33H2,1-2H3,(H,36,40). The average Bonchev–Trinajstić information content (AvgIpc) is 3.31. The largest absolute Gasteiger partial charge is 0.416 e. The van der Waals surface area contributed by atoms with E-state index in [1.54, 1.807) is 35.0 Å². The molecule has 11 heteroatoms. The second-order valence-corrected chi connectivity index (χ2v) is 9.89. The number of nitrogens with zero attached hydrogens (tertiary/aromatic N) is 5. The lowest BCUT2D eigenvalue weighted by Gasteiger charge is -2.33. The van der Waals surface area contributed by atoms with E-state index in [1.165, 1.54) is 18.3 Å². The molecule has 3 N–H and O–H groups in total. The molecule has 1 aliphatic heterocycles. The number of amides is 1. The van der Waals surface area contributed by atoms with Crippen molar-refractivity contribution in [3.63, 3.8) is 0 Å². The van der Waals surface area contributed by atoms with E-state index >= 15 is 0 Å². The highest BCUT2D eigenvalue weighted by atomic mass is 19.4. The number of piperazine rings is 1. The number of carbonyl (C=O) groups excluding carboxylic acids is 1. The molecule has 8 nitrogen and oxygen atoms in total. The van der Waals surface area contributed by atoms with E-state index in [0.29, 0.717) is 35.7 Å². The molecule has 1 amide bonds. The van der Waals surface area contributed by atoms with Crippen LogP contribution in [0.1, 0.15) is 38.3 Å². The Morgan fingerprint density at radius 3 is 2.58 bits per heavy atom. The molecular formula is C29H28F3N7O. The van der Waals surface area contributed by atoms with Crippen molar-refractivity contribution in [3.05, 3.63) is 88.4 Å². The number of alkyl halides is 3. The number of imidazole rings is 1. The smallest absolute Gasteiger partial charge is 0.397 e. The summed E-state index contributed by atoms with van der Waals surface area (Å²) in [4.78, 5) is 21.4. The number of aryl methyl sites for hydroxylation is 1. The van der Waals surface area contributed by atoms with Gasteiger partial charge in [0, 0.05) is 55.6 Å². The Labute approximate surface area is 229 Å². The third kappa shape index (κ3) is 6.09. The van der Waals surface area contributed by atoms with Gasteiger partial charge in [-0.15, -0.1) is 0 Å². The molecule has 0 unspecified atom stereocenters. The first kappa shape index (κ1) is 27.2. The third-order valence-corrected chi connectivity index (χ3v) is 6.87. The van der Waals surface area contributed by atoms with Gasteiger partial charge in [-0.25, -0.2) is 9.50 Å². The molecule has 0 atom stereocenters. The Hall–Kier alpha value is -4.40. The van der Waals surface area contributed by atoms with Crippen LogP contribution in [0.25, 0.3) is 5.65 Å². The molecule has 0 bridgehead atoms. The van der Waals surface area contributed by atoms with Crippen molar-refractivity contribution >= 4 is 22.9 Å². The van der Waals surface area contributed by atoms with E-state index in [9.17, 15) is 18.0 Å². The number of fused-ring (bicyclic) bond motifs is 1. The zero-order valence-electron chi connectivity index (χ0n) is 22.1. The summed E-state index contributed by atoms with van der Waals surface area (Å²) >= 11 is 0. The Kier molecular flexibility index (Phi) is 7.47. The van der Waals surface area contributed by atoms with Crippen LogP contribution in [0, 0.1) is 18.8 Å². The summed E-state index contributed by atoms with van der Waals surface area (Å²) in [5, 5.41) is 6.82. The molecule has 0 radical (unpaired) electrons. The molecule has 5 rings (SSSR count). The van der Waals surface area contributed by atoms with Gasteiger partial charge < -0.3 is 16.0 Å². The number of anilines is 2. The van der Waals surface area contributed by atoms with E-state index in [-0.39, 0.29) is 23.4 Å². The van der Waals surface area contributed by atoms with Crippen molar-refractivity contribution < 1.29 is 18.0 Å². The maximum absolute atomic E-state index is 13.9. The highest BCUT2D eigenvalue weighted by molar-refractivity contribution is 6.04. The summed E-state index contributed by atoms with van der Waals surface area (Å²) < 4.78 is 43.4. The zero-order chi connectivity index (χ0) is 28.4. The van der Waals surface area contributed by atoms with Gasteiger partial charge in [-0.3, -0.25) is 9.69 Å². The Bertz CT molecular complexity index is 1630. The fourth-order valence-electron chi connectivity index (χ4n) is 4.51. The molecule has 2 aromatic carbocycles. The van der Waals surface area contributed by atoms with Crippen molar-refractivity contribution in [1.29, 1.82) is 0 Å². The molecule has 1 fully saturated rings. The van der Waals surface area contributed by atoms with Crippen LogP contribution in [0.5, 0.6) is 0 Å². The first-order valence-corrected chi connectivity index (χ1v) is 12.7. The highest BCUT2D eigenvalue weighted by Gasteiger charge is 2.34. The Morgan fingerprint density at radius 1 is 1.05 bits per heavy atom. The molecule has 0 aliphatic carbocycles. The summed E-state index contributed by atoms with van der Waals surface area (Å²) in [5.74, 6) is 5.52. The van der Waals surface area contributed by atoms with Crippen LogP contribution in [-0.4, -0.2) is 63.5 Å². The second-order valence-electron chi connectivity index (χ2n) is 9.89. The van der Waals surface area contributed by atoms with Gasteiger partial charge >= 0.3 is 6.18 Å². The topological polar surface area (TPSA) is 91.8 Å². The van der Waals surface area contributed by atoms with Crippen LogP contribution < -0.4 is 11.1 Å². The minimum Gasteiger partial charge on any atom is -0.397 e. The number of rotatable bonds is 4. The number of halogens is 3. The minimum atomic E-state index is -4.55. The predicted octanol–water partition coefficient (Wildman–Crippen LogP) is 4.04. The SMILES string of the molecule is Cc1ccc(C(=O)Nc2ccc(CN3CCN(C)CC3)c(C(F)(F)F)c2)cc1C#Cc1cnc2cc(N)cnn12. The zero-order valence-corrected chi connectivity index (χ0v) is 22.1. The maximum Gasteiger partial charge on any atom is 0.416 e. The molecule has 1 aliphatic rings. The fourth-order valence-corrected chi connectivity index (χ4v) is 4.51. The van der Waals surface area contributed by atoms with Gasteiger partial charge in [-0.2, -0.15) is 18.3 Å². The number of hydrogen-bond acceptors (Lipinski definition) is 6. The van der Waals surface area contributed by atoms with Gasteiger partial charge in [0.1, 0.15) is 5.69 Å². The van der Waals surface area contributed by atoms with Crippen molar-refractivity contribution in [2.75, 3.05) is 44.3 Å². The maximum atomic E-state index is 13.9.